The van der Waals surface area contributed by atoms with Crippen LogP contribution in [0.3, 0.4) is 0 Å². The summed E-state index contributed by atoms with van der Waals surface area (Å²) in [7, 11) is 1.62. The van der Waals surface area contributed by atoms with E-state index in [2.05, 4.69) is 10.6 Å². The highest BCUT2D eigenvalue weighted by Gasteiger charge is 2.27. The third kappa shape index (κ3) is 1.39. The summed E-state index contributed by atoms with van der Waals surface area (Å²) in [5.74, 6) is 0. The summed E-state index contributed by atoms with van der Waals surface area (Å²) in [6.45, 7) is 2.52. The van der Waals surface area contributed by atoms with Crippen LogP contribution < -0.4 is 10.6 Å². The highest BCUT2D eigenvalue weighted by Crippen LogP contribution is 1.99. The van der Waals surface area contributed by atoms with E-state index < -0.39 is 0 Å². The van der Waals surface area contributed by atoms with Gasteiger partial charge in [0.2, 0.25) is 0 Å². The monoisotopic (exact) mass is 144 g/mol. The lowest BCUT2D eigenvalue weighted by Gasteiger charge is -2.11. The zero-order chi connectivity index (χ0) is 7.56. The van der Waals surface area contributed by atoms with Crippen LogP contribution in [0.25, 0.3) is 0 Å². The summed E-state index contributed by atoms with van der Waals surface area (Å²) in [4.78, 5) is 10.7. The SMILES string of the molecule is COCC1NC(=O)NC1C. The summed E-state index contributed by atoms with van der Waals surface area (Å²) in [6.07, 6.45) is 0. The van der Waals surface area contributed by atoms with Crippen LogP contribution in [-0.2, 0) is 4.74 Å². The maximum Gasteiger partial charge on any atom is 0.315 e. The van der Waals surface area contributed by atoms with Gasteiger partial charge in [0.05, 0.1) is 18.7 Å². The van der Waals surface area contributed by atoms with E-state index in [9.17, 15) is 4.79 Å². The molecule has 1 fully saturated rings. The average Bonchev–Trinajstić information content (AvgIpc) is 2.13. The minimum absolute atomic E-state index is 0.102. The number of hydrogen-bond acceptors (Lipinski definition) is 2. The summed E-state index contributed by atoms with van der Waals surface area (Å²) in [5, 5.41) is 5.45. The molecule has 4 nitrogen and oxygen atoms in total. The second-order valence-electron chi connectivity index (χ2n) is 2.47. The number of hydrogen-bond donors (Lipinski definition) is 2. The topological polar surface area (TPSA) is 50.4 Å². The van der Waals surface area contributed by atoms with E-state index >= 15 is 0 Å². The first-order valence-electron chi connectivity index (χ1n) is 3.30. The number of carbonyl (C=O) groups excluding carboxylic acids is 1. The Kier molecular flexibility index (Phi) is 2.11. The van der Waals surface area contributed by atoms with Crippen molar-refractivity contribution in [3.8, 4) is 0 Å². The molecule has 2 N–H and O–H groups in total. The Morgan fingerprint density at radius 2 is 2.30 bits per heavy atom. The smallest absolute Gasteiger partial charge is 0.315 e. The molecule has 0 aromatic rings. The first-order chi connectivity index (χ1) is 4.74. The highest BCUT2D eigenvalue weighted by molar-refractivity contribution is 5.77. The van der Waals surface area contributed by atoms with Gasteiger partial charge < -0.3 is 15.4 Å². The standard InChI is InChI=1S/C6H12N2O2/c1-4-5(3-10-2)8-6(9)7-4/h4-5H,3H2,1-2H3,(H2,7,8,9). The van der Waals surface area contributed by atoms with Crippen molar-refractivity contribution in [3.63, 3.8) is 0 Å². The second kappa shape index (κ2) is 2.88. The molecule has 2 unspecified atom stereocenters. The Hall–Kier alpha value is -0.770. The molecule has 0 aliphatic carbocycles. The summed E-state index contributed by atoms with van der Waals surface area (Å²) < 4.78 is 4.89. The van der Waals surface area contributed by atoms with Gasteiger partial charge >= 0.3 is 6.03 Å². The molecule has 4 heteroatoms. The minimum Gasteiger partial charge on any atom is -0.382 e. The zero-order valence-electron chi connectivity index (χ0n) is 6.18. The van der Waals surface area contributed by atoms with Crippen molar-refractivity contribution in [2.75, 3.05) is 13.7 Å². The minimum atomic E-state index is -0.102. The summed E-state index contributed by atoms with van der Waals surface area (Å²) >= 11 is 0. The Bertz CT molecular complexity index is 138. The van der Waals surface area contributed by atoms with Crippen LogP contribution in [0.2, 0.25) is 0 Å². The molecule has 1 rings (SSSR count). The number of carbonyl (C=O) groups is 1. The molecular formula is C6H12N2O2. The number of rotatable bonds is 2. The van der Waals surface area contributed by atoms with Crippen LogP contribution >= 0.6 is 0 Å². The van der Waals surface area contributed by atoms with Gasteiger partial charge in [-0.3, -0.25) is 0 Å². The van der Waals surface area contributed by atoms with Crippen LogP contribution in [-0.4, -0.2) is 31.8 Å². The molecule has 0 bridgehead atoms. The van der Waals surface area contributed by atoms with Crippen LogP contribution in [0.1, 0.15) is 6.92 Å². The van der Waals surface area contributed by atoms with Gasteiger partial charge in [-0.2, -0.15) is 0 Å². The van der Waals surface area contributed by atoms with Gasteiger partial charge in [-0.25, -0.2) is 4.79 Å². The van der Waals surface area contributed by atoms with Crippen molar-refractivity contribution in [3.05, 3.63) is 0 Å². The largest absolute Gasteiger partial charge is 0.382 e. The summed E-state index contributed by atoms with van der Waals surface area (Å²) in [5.41, 5.74) is 0. The van der Waals surface area contributed by atoms with Crippen molar-refractivity contribution in [2.45, 2.75) is 19.0 Å². The molecule has 58 valence electrons. The normalized spacial score (nSPS) is 31.6. The number of nitrogens with one attached hydrogen (secondary N) is 2. The fourth-order valence-electron chi connectivity index (χ4n) is 1.01. The molecule has 0 saturated carbocycles. The third-order valence-corrected chi connectivity index (χ3v) is 1.63. The fourth-order valence-corrected chi connectivity index (χ4v) is 1.01. The quantitative estimate of drug-likeness (QED) is 0.559. The Morgan fingerprint density at radius 3 is 2.70 bits per heavy atom. The molecule has 2 amide bonds. The molecule has 2 atom stereocenters. The molecule has 1 aliphatic rings. The van der Waals surface area contributed by atoms with Crippen LogP contribution in [0, 0.1) is 0 Å². The van der Waals surface area contributed by atoms with Gasteiger partial charge in [0.1, 0.15) is 0 Å². The zero-order valence-corrected chi connectivity index (χ0v) is 6.18. The van der Waals surface area contributed by atoms with Gasteiger partial charge in [0.25, 0.3) is 0 Å². The van der Waals surface area contributed by atoms with Crippen LogP contribution in [0.5, 0.6) is 0 Å². The van der Waals surface area contributed by atoms with Crippen molar-refractivity contribution in [1.82, 2.24) is 10.6 Å². The van der Waals surface area contributed by atoms with Crippen LogP contribution in [0.4, 0.5) is 4.79 Å². The van der Waals surface area contributed by atoms with E-state index in [1.807, 2.05) is 6.92 Å². The second-order valence-corrected chi connectivity index (χ2v) is 2.47. The van der Waals surface area contributed by atoms with Gasteiger partial charge in [-0.05, 0) is 6.92 Å². The fraction of sp³-hybridized carbons (Fsp3) is 0.833. The molecule has 0 radical (unpaired) electrons. The van der Waals surface area contributed by atoms with Crippen molar-refractivity contribution < 1.29 is 9.53 Å². The van der Waals surface area contributed by atoms with E-state index in [1.54, 1.807) is 7.11 Å². The number of amides is 2. The molecule has 10 heavy (non-hydrogen) atoms. The van der Waals surface area contributed by atoms with Gasteiger partial charge in [0.15, 0.2) is 0 Å². The molecule has 1 heterocycles. The van der Waals surface area contributed by atoms with Crippen molar-refractivity contribution in [1.29, 1.82) is 0 Å². The molecule has 0 spiro atoms. The maximum absolute atomic E-state index is 10.7. The van der Waals surface area contributed by atoms with Gasteiger partial charge in [0, 0.05) is 7.11 Å². The van der Waals surface area contributed by atoms with Crippen molar-refractivity contribution >= 4 is 6.03 Å². The van der Waals surface area contributed by atoms with E-state index in [1.165, 1.54) is 0 Å². The number of urea groups is 1. The third-order valence-electron chi connectivity index (χ3n) is 1.63. The van der Waals surface area contributed by atoms with E-state index in [-0.39, 0.29) is 18.1 Å². The molecule has 1 saturated heterocycles. The number of methoxy groups -OCH3 is 1. The Labute approximate surface area is 59.9 Å². The van der Waals surface area contributed by atoms with E-state index in [0.717, 1.165) is 0 Å². The molecule has 1 aliphatic heterocycles. The number of ether oxygens (including phenoxy) is 1. The Balaban J connectivity index is 2.38. The Morgan fingerprint density at radius 1 is 1.60 bits per heavy atom. The average molecular weight is 144 g/mol. The van der Waals surface area contributed by atoms with Crippen LogP contribution in [0.15, 0.2) is 0 Å². The van der Waals surface area contributed by atoms with Crippen molar-refractivity contribution in [2.24, 2.45) is 0 Å². The first kappa shape index (κ1) is 7.34. The van der Waals surface area contributed by atoms with Gasteiger partial charge in [-0.15, -0.1) is 0 Å². The predicted molar refractivity (Wildman–Crippen MR) is 36.8 cm³/mol. The van der Waals surface area contributed by atoms with Gasteiger partial charge in [-0.1, -0.05) is 0 Å². The highest BCUT2D eigenvalue weighted by atomic mass is 16.5. The molecular weight excluding hydrogens is 132 g/mol. The lowest BCUT2D eigenvalue weighted by molar-refractivity contribution is 0.168. The maximum atomic E-state index is 10.7. The lowest BCUT2D eigenvalue weighted by Crippen LogP contribution is -2.34. The first-order valence-corrected chi connectivity index (χ1v) is 3.30. The summed E-state index contributed by atoms with van der Waals surface area (Å²) in [6, 6.07) is 0.194. The molecule has 0 aromatic carbocycles. The lowest BCUT2D eigenvalue weighted by atomic mass is 10.2. The van der Waals surface area contributed by atoms with E-state index in [0.29, 0.717) is 6.61 Å². The predicted octanol–water partition coefficient (Wildman–Crippen LogP) is -0.297. The van der Waals surface area contributed by atoms with E-state index in [4.69, 9.17) is 4.74 Å². The molecule has 0 aromatic heterocycles.